The number of methoxy groups -OCH3 is 2. The summed E-state index contributed by atoms with van der Waals surface area (Å²) in [6, 6.07) is 13.8. The van der Waals surface area contributed by atoms with E-state index in [-0.39, 0.29) is 24.0 Å². The Balaban J connectivity index is 0.00000338. The number of aliphatic imine (C=N–C) groups is 1. The van der Waals surface area contributed by atoms with E-state index in [0.717, 1.165) is 12.1 Å². The van der Waals surface area contributed by atoms with E-state index in [0.29, 0.717) is 29.7 Å². The summed E-state index contributed by atoms with van der Waals surface area (Å²) in [6.07, 6.45) is 0. The van der Waals surface area contributed by atoms with Crippen molar-refractivity contribution in [3.05, 3.63) is 53.6 Å². The number of anilines is 1. The standard InChI is InChI=1S/C19H26N4O2.HI/c1-23(2)13-15-7-5-14(6-8-15)12-21-19(20)22-17-11-16(24-3)9-10-18(17)25-4;/h5-11H,12-13H2,1-4H3,(H3,20,21,22);1H. The van der Waals surface area contributed by atoms with Crippen molar-refractivity contribution >= 4 is 35.6 Å². The molecule has 0 saturated heterocycles. The van der Waals surface area contributed by atoms with Crippen LogP contribution in [0.15, 0.2) is 47.5 Å². The van der Waals surface area contributed by atoms with Gasteiger partial charge in [0.25, 0.3) is 0 Å². The van der Waals surface area contributed by atoms with Gasteiger partial charge >= 0.3 is 0 Å². The van der Waals surface area contributed by atoms with E-state index in [1.54, 1.807) is 14.2 Å². The molecule has 0 unspecified atom stereocenters. The third-order valence-corrected chi connectivity index (χ3v) is 3.62. The molecule has 0 spiro atoms. The Kier molecular flexibility index (Phi) is 9.22. The van der Waals surface area contributed by atoms with Crippen LogP contribution in [-0.4, -0.2) is 39.2 Å². The molecular weight excluding hydrogens is 443 g/mol. The molecule has 0 radical (unpaired) electrons. The number of hydrogen-bond acceptors (Lipinski definition) is 4. The molecule has 2 aromatic rings. The van der Waals surface area contributed by atoms with Crippen LogP contribution in [0.1, 0.15) is 11.1 Å². The van der Waals surface area contributed by atoms with Crippen molar-refractivity contribution in [2.24, 2.45) is 10.7 Å². The smallest absolute Gasteiger partial charge is 0.193 e. The summed E-state index contributed by atoms with van der Waals surface area (Å²) in [5.74, 6) is 1.71. The molecule has 0 aliphatic heterocycles. The Labute approximate surface area is 172 Å². The highest BCUT2D eigenvalue weighted by atomic mass is 127. The van der Waals surface area contributed by atoms with Gasteiger partial charge in [0.05, 0.1) is 26.5 Å². The van der Waals surface area contributed by atoms with E-state index in [9.17, 15) is 0 Å². The SMILES string of the molecule is COc1ccc(OC)c(NC(N)=NCc2ccc(CN(C)C)cc2)c1.I. The lowest BCUT2D eigenvalue weighted by atomic mass is 10.1. The number of ether oxygens (including phenoxy) is 2. The van der Waals surface area contributed by atoms with Gasteiger partial charge in [-0.2, -0.15) is 0 Å². The molecule has 0 aromatic heterocycles. The van der Waals surface area contributed by atoms with E-state index >= 15 is 0 Å². The van der Waals surface area contributed by atoms with Gasteiger partial charge in [0.1, 0.15) is 11.5 Å². The molecule has 3 N–H and O–H groups in total. The number of guanidine groups is 1. The molecule has 0 saturated carbocycles. The van der Waals surface area contributed by atoms with E-state index in [2.05, 4.69) is 53.6 Å². The molecule has 0 aliphatic carbocycles. The minimum absolute atomic E-state index is 0. The second-order valence-corrected chi connectivity index (χ2v) is 5.95. The largest absolute Gasteiger partial charge is 0.497 e. The molecule has 142 valence electrons. The molecule has 0 aliphatic rings. The average Bonchev–Trinajstić information content (AvgIpc) is 2.60. The van der Waals surface area contributed by atoms with Crippen molar-refractivity contribution in [2.45, 2.75) is 13.1 Å². The fraction of sp³-hybridized carbons (Fsp3) is 0.316. The predicted octanol–water partition coefficient (Wildman–Crippen LogP) is 3.31. The molecule has 0 heterocycles. The van der Waals surface area contributed by atoms with Gasteiger partial charge < -0.3 is 25.4 Å². The highest BCUT2D eigenvalue weighted by molar-refractivity contribution is 14.0. The predicted molar refractivity (Wildman–Crippen MR) is 118 cm³/mol. The summed E-state index contributed by atoms with van der Waals surface area (Å²) in [4.78, 5) is 6.52. The lowest BCUT2D eigenvalue weighted by molar-refractivity contribution is 0.402. The van der Waals surface area contributed by atoms with E-state index < -0.39 is 0 Å². The first kappa shape index (κ1) is 22.0. The molecule has 2 rings (SSSR count). The van der Waals surface area contributed by atoms with Gasteiger partial charge in [0, 0.05) is 12.6 Å². The van der Waals surface area contributed by atoms with Crippen LogP contribution in [0.4, 0.5) is 5.69 Å². The zero-order valence-electron chi connectivity index (χ0n) is 15.7. The van der Waals surface area contributed by atoms with Gasteiger partial charge in [-0.3, -0.25) is 0 Å². The third kappa shape index (κ3) is 6.72. The summed E-state index contributed by atoms with van der Waals surface area (Å²) in [5.41, 5.74) is 9.08. The lowest BCUT2D eigenvalue weighted by Gasteiger charge is -2.12. The van der Waals surface area contributed by atoms with Crippen LogP contribution in [0.5, 0.6) is 11.5 Å². The lowest BCUT2D eigenvalue weighted by Crippen LogP contribution is -2.23. The Morgan fingerprint density at radius 2 is 1.69 bits per heavy atom. The van der Waals surface area contributed by atoms with Gasteiger partial charge in [0.15, 0.2) is 5.96 Å². The van der Waals surface area contributed by atoms with Crippen LogP contribution < -0.4 is 20.5 Å². The van der Waals surface area contributed by atoms with Gasteiger partial charge in [0.2, 0.25) is 0 Å². The van der Waals surface area contributed by atoms with Crippen molar-refractivity contribution in [3.8, 4) is 11.5 Å². The summed E-state index contributed by atoms with van der Waals surface area (Å²) < 4.78 is 10.5. The minimum Gasteiger partial charge on any atom is -0.497 e. The summed E-state index contributed by atoms with van der Waals surface area (Å²) >= 11 is 0. The highest BCUT2D eigenvalue weighted by Gasteiger charge is 2.06. The second-order valence-electron chi connectivity index (χ2n) is 5.95. The molecule has 0 fully saturated rings. The van der Waals surface area contributed by atoms with E-state index in [4.69, 9.17) is 15.2 Å². The quantitative estimate of drug-likeness (QED) is 0.369. The number of nitrogens with zero attached hydrogens (tertiary/aromatic N) is 2. The number of nitrogens with two attached hydrogens (primary N) is 1. The summed E-state index contributed by atoms with van der Waals surface area (Å²) in [7, 11) is 7.33. The Morgan fingerprint density at radius 3 is 2.27 bits per heavy atom. The Bertz CT molecular complexity index is 718. The first-order chi connectivity index (χ1) is 12.0. The van der Waals surface area contributed by atoms with Crippen molar-refractivity contribution in [1.29, 1.82) is 0 Å². The van der Waals surface area contributed by atoms with Gasteiger partial charge in [-0.15, -0.1) is 24.0 Å². The molecule has 0 amide bonds. The number of nitrogens with one attached hydrogen (secondary N) is 1. The molecule has 0 bridgehead atoms. The number of hydrogen-bond donors (Lipinski definition) is 2. The van der Waals surface area contributed by atoms with Crippen molar-refractivity contribution < 1.29 is 9.47 Å². The maximum Gasteiger partial charge on any atom is 0.193 e. The monoisotopic (exact) mass is 470 g/mol. The van der Waals surface area contributed by atoms with Crippen molar-refractivity contribution in [1.82, 2.24) is 4.90 Å². The van der Waals surface area contributed by atoms with Crippen LogP contribution in [0.25, 0.3) is 0 Å². The highest BCUT2D eigenvalue weighted by Crippen LogP contribution is 2.28. The van der Waals surface area contributed by atoms with Gasteiger partial charge in [-0.25, -0.2) is 4.99 Å². The van der Waals surface area contributed by atoms with Crippen molar-refractivity contribution in [2.75, 3.05) is 33.6 Å². The zero-order chi connectivity index (χ0) is 18.2. The molecule has 2 aromatic carbocycles. The molecule has 0 atom stereocenters. The van der Waals surface area contributed by atoms with Crippen LogP contribution in [0.3, 0.4) is 0 Å². The van der Waals surface area contributed by atoms with Crippen LogP contribution in [-0.2, 0) is 13.1 Å². The molecule has 7 heteroatoms. The summed E-state index contributed by atoms with van der Waals surface area (Å²) in [5, 5.41) is 3.06. The zero-order valence-corrected chi connectivity index (χ0v) is 18.0. The fourth-order valence-corrected chi connectivity index (χ4v) is 2.38. The number of benzene rings is 2. The van der Waals surface area contributed by atoms with Crippen LogP contribution in [0.2, 0.25) is 0 Å². The maximum absolute atomic E-state index is 6.00. The van der Waals surface area contributed by atoms with Crippen LogP contribution >= 0.6 is 24.0 Å². The topological polar surface area (TPSA) is 72.1 Å². The van der Waals surface area contributed by atoms with E-state index in [1.807, 2.05) is 18.2 Å². The average molecular weight is 470 g/mol. The summed E-state index contributed by atoms with van der Waals surface area (Å²) in [6.45, 7) is 1.43. The van der Waals surface area contributed by atoms with Crippen molar-refractivity contribution in [3.63, 3.8) is 0 Å². The molecule has 26 heavy (non-hydrogen) atoms. The first-order valence-corrected chi connectivity index (χ1v) is 8.03. The third-order valence-electron chi connectivity index (χ3n) is 3.62. The second kappa shape index (κ2) is 10.9. The Hall–Kier alpha value is -2.00. The number of halogens is 1. The minimum atomic E-state index is 0. The van der Waals surface area contributed by atoms with Crippen LogP contribution in [0, 0.1) is 0 Å². The Morgan fingerprint density at radius 1 is 1.04 bits per heavy atom. The first-order valence-electron chi connectivity index (χ1n) is 8.03. The molecular formula is C19H27IN4O2. The molecule has 6 nitrogen and oxygen atoms in total. The van der Waals surface area contributed by atoms with Gasteiger partial charge in [-0.05, 0) is 37.4 Å². The number of rotatable bonds is 7. The maximum atomic E-state index is 6.00. The normalized spacial score (nSPS) is 11.0. The fourth-order valence-electron chi connectivity index (χ4n) is 2.38. The van der Waals surface area contributed by atoms with Gasteiger partial charge in [-0.1, -0.05) is 24.3 Å². The van der Waals surface area contributed by atoms with E-state index in [1.165, 1.54) is 5.56 Å².